The lowest BCUT2D eigenvalue weighted by Gasteiger charge is -2.23. The third-order valence-corrected chi connectivity index (χ3v) is 6.57. The van der Waals surface area contributed by atoms with E-state index in [4.69, 9.17) is 0 Å². The average Bonchev–Trinajstić information content (AvgIpc) is 2.43. The standard InChI is InChI=1S/C14H21NO2S/c1-10-4-6-13(7-5-10)14-12(3)18(16,17)11(2)8-9-15-14/h4-7,11-12,14-15H,8-9H2,1-3H3. The first kappa shape index (κ1) is 13.6. The molecule has 1 aliphatic rings. The number of rotatable bonds is 1. The van der Waals surface area contributed by atoms with Crippen LogP contribution in [0.25, 0.3) is 0 Å². The molecule has 4 heteroatoms. The largest absolute Gasteiger partial charge is 0.309 e. The van der Waals surface area contributed by atoms with Gasteiger partial charge in [-0.25, -0.2) is 8.42 Å². The summed E-state index contributed by atoms with van der Waals surface area (Å²) in [5.74, 6) is 0. The summed E-state index contributed by atoms with van der Waals surface area (Å²) < 4.78 is 24.7. The van der Waals surface area contributed by atoms with Crippen molar-refractivity contribution >= 4 is 9.84 Å². The predicted octanol–water partition coefficient (Wildman–Crippen LogP) is 2.22. The van der Waals surface area contributed by atoms with Crippen molar-refractivity contribution in [3.8, 4) is 0 Å². The second-order valence-electron chi connectivity index (χ2n) is 5.24. The molecule has 3 nitrogen and oxygen atoms in total. The lowest BCUT2D eigenvalue weighted by molar-refractivity contribution is 0.520. The van der Waals surface area contributed by atoms with E-state index in [1.165, 1.54) is 5.56 Å². The SMILES string of the molecule is Cc1ccc(C2NCCC(C)S(=O)(=O)C2C)cc1. The van der Waals surface area contributed by atoms with Crippen molar-refractivity contribution in [1.82, 2.24) is 5.32 Å². The van der Waals surface area contributed by atoms with Gasteiger partial charge in [-0.05, 0) is 39.3 Å². The zero-order chi connectivity index (χ0) is 13.3. The van der Waals surface area contributed by atoms with E-state index in [-0.39, 0.29) is 16.5 Å². The van der Waals surface area contributed by atoms with E-state index >= 15 is 0 Å². The zero-order valence-electron chi connectivity index (χ0n) is 11.2. The Bertz CT molecular complexity index is 507. The van der Waals surface area contributed by atoms with Crippen LogP contribution in [0.3, 0.4) is 0 Å². The smallest absolute Gasteiger partial charge is 0.157 e. The molecule has 3 unspecified atom stereocenters. The van der Waals surface area contributed by atoms with Crippen molar-refractivity contribution < 1.29 is 8.42 Å². The van der Waals surface area contributed by atoms with Crippen molar-refractivity contribution in [2.75, 3.05) is 6.54 Å². The maximum atomic E-state index is 12.3. The van der Waals surface area contributed by atoms with Gasteiger partial charge in [-0.2, -0.15) is 0 Å². The van der Waals surface area contributed by atoms with E-state index in [2.05, 4.69) is 5.32 Å². The summed E-state index contributed by atoms with van der Waals surface area (Å²) in [4.78, 5) is 0. The second kappa shape index (κ2) is 5.02. The fraction of sp³-hybridized carbons (Fsp3) is 0.571. The van der Waals surface area contributed by atoms with Crippen LogP contribution < -0.4 is 5.32 Å². The van der Waals surface area contributed by atoms with Crippen molar-refractivity contribution in [1.29, 1.82) is 0 Å². The van der Waals surface area contributed by atoms with Gasteiger partial charge in [0.1, 0.15) is 0 Å². The maximum Gasteiger partial charge on any atom is 0.157 e. The Morgan fingerprint density at radius 3 is 2.39 bits per heavy atom. The van der Waals surface area contributed by atoms with E-state index in [1.54, 1.807) is 0 Å². The highest BCUT2D eigenvalue weighted by atomic mass is 32.2. The molecular formula is C14H21NO2S. The Kier molecular flexibility index (Phi) is 3.78. The van der Waals surface area contributed by atoms with Crippen LogP contribution in [0.4, 0.5) is 0 Å². The number of benzene rings is 1. The first-order valence-corrected chi connectivity index (χ1v) is 8.06. The molecule has 1 aromatic rings. The molecule has 1 heterocycles. The Hall–Kier alpha value is -0.870. The topological polar surface area (TPSA) is 46.2 Å². The third-order valence-electron chi connectivity index (χ3n) is 3.90. The van der Waals surface area contributed by atoms with Gasteiger partial charge in [-0.3, -0.25) is 0 Å². The number of hydrogen-bond acceptors (Lipinski definition) is 3. The molecular weight excluding hydrogens is 246 g/mol. The lowest BCUT2D eigenvalue weighted by Crippen LogP contribution is -2.34. The molecule has 1 saturated heterocycles. The Morgan fingerprint density at radius 2 is 1.78 bits per heavy atom. The van der Waals surface area contributed by atoms with E-state index in [0.29, 0.717) is 6.42 Å². The molecule has 100 valence electrons. The summed E-state index contributed by atoms with van der Waals surface area (Å²) in [6, 6.07) is 8.01. The van der Waals surface area contributed by atoms with Gasteiger partial charge in [0, 0.05) is 6.04 Å². The molecule has 3 atom stereocenters. The van der Waals surface area contributed by atoms with Crippen molar-refractivity contribution in [2.24, 2.45) is 0 Å². The lowest BCUT2D eigenvalue weighted by atomic mass is 10.0. The minimum Gasteiger partial charge on any atom is -0.309 e. The summed E-state index contributed by atoms with van der Waals surface area (Å²) in [7, 11) is -3.05. The fourth-order valence-corrected chi connectivity index (χ4v) is 4.30. The van der Waals surface area contributed by atoms with Gasteiger partial charge >= 0.3 is 0 Å². The summed E-state index contributed by atoms with van der Waals surface area (Å²) in [6.07, 6.45) is 0.690. The summed E-state index contributed by atoms with van der Waals surface area (Å²) in [5.41, 5.74) is 2.25. The van der Waals surface area contributed by atoms with Gasteiger partial charge in [0.2, 0.25) is 0 Å². The molecule has 1 aliphatic heterocycles. The first-order valence-electron chi connectivity index (χ1n) is 6.45. The molecule has 0 radical (unpaired) electrons. The van der Waals surface area contributed by atoms with E-state index in [9.17, 15) is 8.42 Å². The van der Waals surface area contributed by atoms with Gasteiger partial charge in [0.15, 0.2) is 9.84 Å². The fourth-order valence-electron chi connectivity index (χ4n) is 2.49. The minimum atomic E-state index is -3.05. The Balaban J connectivity index is 2.35. The van der Waals surface area contributed by atoms with Gasteiger partial charge in [0.25, 0.3) is 0 Å². The molecule has 0 amide bonds. The van der Waals surface area contributed by atoms with Gasteiger partial charge < -0.3 is 5.32 Å². The molecule has 0 saturated carbocycles. The van der Waals surface area contributed by atoms with Gasteiger partial charge in [-0.1, -0.05) is 29.8 Å². The van der Waals surface area contributed by atoms with Crippen LogP contribution in [0.5, 0.6) is 0 Å². The van der Waals surface area contributed by atoms with Gasteiger partial charge in [-0.15, -0.1) is 0 Å². The number of hydrogen-bond donors (Lipinski definition) is 1. The predicted molar refractivity (Wildman–Crippen MR) is 74.4 cm³/mol. The van der Waals surface area contributed by atoms with Crippen LogP contribution in [0.2, 0.25) is 0 Å². The maximum absolute atomic E-state index is 12.3. The van der Waals surface area contributed by atoms with Crippen LogP contribution in [0.1, 0.15) is 37.4 Å². The van der Waals surface area contributed by atoms with Crippen LogP contribution in [0.15, 0.2) is 24.3 Å². The molecule has 18 heavy (non-hydrogen) atoms. The molecule has 1 fully saturated rings. The summed E-state index contributed by atoms with van der Waals surface area (Å²) in [6.45, 7) is 6.41. The molecule has 1 aromatic carbocycles. The van der Waals surface area contributed by atoms with Gasteiger partial charge in [0.05, 0.1) is 10.5 Å². The molecule has 0 aromatic heterocycles. The van der Waals surface area contributed by atoms with Crippen LogP contribution in [-0.2, 0) is 9.84 Å². The van der Waals surface area contributed by atoms with Crippen LogP contribution in [-0.4, -0.2) is 25.5 Å². The zero-order valence-corrected chi connectivity index (χ0v) is 12.0. The number of aryl methyl sites for hydroxylation is 1. The molecule has 0 aliphatic carbocycles. The van der Waals surface area contributed by atoms with Crippen LogP contribution in [0, 0.1) is 6.92 Å². The molecule has 0 bridgehead atoms. The third kappa shape index (κ3) is 2.45. The van der Waals surface area contributed by atoms with Crippen LogP contribution >= 0.6 is 0 Å². The second-order valence-corrected chi connectivity index (χ2v) is 7.96. The number of sulfone groups is 1. The summed E-state index contributed by atoms with van der Waals surface area (Å²) in [5, 5.41) is 2.74. The van der Waals surface area contributed by atoms with E-state index in [1.807, 2.05) is 45.0 Å². The first-order chi connectivity index (χ1) is 8.43. The van der Waals surface area contributed by atoms with Crippen molar-refractivity contribution in [2.45, 2.75) is 43.7 Å². The highest BCUT2D eigenvalue weighted by Crippen LogP contribution is 2.28. The minimum absolute atomic E-state index is 0.0967. The summed E-state index contributed by atoms with van der Waals surface area (Å²) >= 11 is 0. The highest BCUT2D eigenvalue weighted by molar-refractivity contribution is 7.92. The van der Waals surface area contributed by atoms with Crippen molar-refractivity contribution in [3.05, 3.63) is 35.4 Å². The monoisotopic (exact) mass is 267 g/mol. The Morgan fingerprint density at radius 1 is 1.17 bits per heavy atom. The highest BCUT2D eigenvalue weighted by Gasteiger charge is 2.36. The Labute approximate surface area is 110 Å². The molecule has 0 spiro atoms. The normalized spacial score (nSPS) is 31.8. The van der Waals surface area contributed by atoms with Crippen molar-refractivity contribution in [3.63, 3.8) is 0 Å². The number of nitrogens with one attached hydrogen (secondary N) is 1. The average molecular weight is 267 g/mol. The molecule has 1 N–H and O–H groups in total. The quantitative estimate of drug-likeness (QED) is 0.848. The molecule has 2 rings (SSSR count). The van der Waals surface area contributed by atoms with E-state index in [0.717, 1.165) is 12.1 Å². The van der Waals surface area contributed by atoms with E-state index < -0.39 is 9.84 Å².